The fourth-order valence-corrected chi connectivity index (χ4v) is 3.18. The van der Waals surface area contributed by atoms with E-state index in [1.807, 2.05) is 0 Å². The van der Waals surface area contributed by atoms with Crippen LogP contribution in [-0.4, -0.2) is 15.0 Å². The summed E-state index contributed by atoms with van der Waals surface area (Å²) in [5.74, 6) is 0. The van der Waals surface area contributed by atoms with Crippen LogP contribution in [0.15, 0.2) is 65.6 Å². The molecule has 0 saturated heterocycles. The van der Waals surface area contributed by atoms with Crippen LogP contribution in [0.3, 0.4) is 0 Å². The van der Waals surface area contributed by atoms with E-state index in [0.717, 1.165) is 24.3 Å². The van der Waals surface area contributed by atoms with E-state index in [9.17, 15) is 31.1 Å². The van der Waals surface area contributed by atoms with Crippen molar-refractivity contribution in [1.82, 2.24) is 15.0 Å². The van der Waals surface area contributed by atoms with Gasteiger partial charge in [-0.05, 0) is 47.5 Å². The van der Waals surface area contributed by atoms with Crippen LogP contribution in [0, 0.1) is 0 Å². The van der Waals surface area contributed by atoms with Crippen molar-refractivity contribution in [3.63, 3.8) is 0 Å². The molecule has 0 radical (unpaired) electrons. The van der Waals surface area contributed by atoms with Gasteiger partial charge in [0.15, 0.2) is 0 Å². The number of H-pyrrole nitrogens is 1. The van der Waals surface area contributed by atoms with Gasteiger partial charge < -0.3 is 4.98 Å². The maximum atomic E-state index is 13.3. The fourth-order valence-electron chi connectivity index (χ4n) is 3.18. The van der Waals surface area contributed by atoms with Gasteiger partial charge in [0.2, 0.25) is 5.56 Å². The first-order valence-electron chi connectivity index (χ1n) is 8.78. The minimum Gasteiger partial charge on any atom is -0.307 e. The molecule has 158 valence electrons. The smallest absolute Gasteiger partial charge is 0.307 e. The average Bonchev–Trinajstić information content (AvgIpc) is 2.71. The first-order valence-corrected chi connectivity index (χ1v) is 8.78. The second-order valence-corrected chi connectivity index (χ2v) is 6.61. The lowest BCUT2D eigenvalue weighted by Gasteiger charge is -2.12. The standard InChI is InChI=1S/C21H11F6N3O/c22-20(23,24)12-5-3-11(4-6-12)14-10-17(31)30-19-13(14)7-8-16(29-19)18-15(21(25,26)27)2-1-9-28-18/h1-10H,(H,29,30,31). The maximum Gasteiger partial charge on any atom is 0.418 e. The Kier molecular flexibility index (Phi) is 4.79. The number of benzene rings is 1. The molecular formula is C21H11F6N3O. The molecular weight excluding hydrogens is 424 g/mol. The lowest BCUT2D eigenvalue weighted by molar-refractivity contribution is -0.138. The van der Waals surface area contributed by atoms with Gasteiger partial charge in [-0.2, -0.15) is 26.3 Å². The van der Waals surface area contributed by atoms with Gasteiger partial charge in [0.25, 0.3) is 0 Å². The highest BCUT2D eigenvalue weighted by Gasteiger charge is 2.34. The van der Waals surface area contributed by atoms with Crippen LogP contribution in [0.1, 0.15) is 11.1 Å². The number of aromatic nitrogens is 3. The molecule has 4 aromatic rings. The summed E-state index contributed by atoms with van der Waals surface area (Å²) in [6.07, 6.45) is -7.97. The van der Waals surface area contributed by atoms with Crippen LogP contribution in [0.2, 0.25) is 0 Å². The second kappa shape index (κ2) is 7.22. The highest BCUT2D eigenvalue weighted by Crippen LogP contribution is 2.36. The van der Waals surface area contributed by atoms with Gasteiger partial charge >= 0.3 is 12.4 Å². The molecule has 0 spiro atoms. The number of aromatic amines is 1. The summed E-state index contributed by atoms with van der Waals surface area (Å²) < 4.78 is 78.4. The van der Waals surface area contributed by atoms with E-state index in [1.165, 1.54) is 36.5 Å². The van der Waals surface area contributed by atoms with E-state index in [0.29, 0.717) is 16.5 Å². The molecule has 4 rings (SSSR count). The molecule has 0 saturated carbocycles. The molecule has 0 fully saturated rings. The van der Waals surface area contributed by atoms with Gasteiger partial charge in [-0.3, -0.25) is 9.78 Å². The Morgan fingerprint density at radius 3 is 2.19 bits per heavy atom. The van der Waals surface area contributed by atoms with Gasteiger partial charge in [-0.25, -0.2) is 4.98 Å². The largest absolute Gasteiger partial charge is 0.418 e. The third-order valence-corrected chi connectivity index (χ3v) is 4.58. The number of pyridine rings is 3. The number of halogens is 6. The van der Waals surface area contributed by atoms with Crippen molar-refractivity contribution in [2.45, 2.75) is 12.4 Å². The second-order valence-electron chi connectivity index (χ2n) is 6.61. The Balaban J connectivity index is 1.87. The molecule has 10 heteroatoms. The maximum absolute atomic E-state index is 13.3. The van der Waals surface area contributed by atoms with Crippen molar-refractivity contribution in [3.05, 3.63) is 82.3 Å². The summed E-state index contributed by atoms with van der Waals surface area (Å²) >= 11 is 0. The predicted octanol–water partition coefficient (Wildman–Crippen LogP) is 5.69. The fraction of sp³-hybridized carbons (Fsp3) is 0.0952. The van der Waals surface area contributed by atoms with Crippen LogP contribution in [0.5, 0.6) is 0 Å². The third kappa shape index (κ3) is 4.00. The molecule has 0 aliphatic heterocycles. The van der Waals surface area contributed by atoms with Crippen molar-refractivity contribution in [2.24, 2.45) is 0 Å². The van der Waals surface area contributed by atoms with Gasteiger partial charge in [-0.1, -0.05) is 12.1 Å². The van der Waals surface area contributed by atoms with Crippen molar-refractivity contribution >= 4 is 11.0 Å². The molecule has 0 aliphatic rings. The number of hydrogen-bond acceptors (Lipinski definition) is 3. The quantitative estimate of drug-likeness (QED) is 0.412. The lowest BCUT2D eigenvalue weighted by Crippen LogP contribution is -2.10. The Bertz CT molecular complexity index is 1320. The lowest BCUT2D eigenvalue weighted by atomic mass is 10.0. The topological polar surface area (TPSA) is 58.6 Å². The van der Waals surface area contributed by atoms with Crippen molar-refractivity contribution < 1.29 is 26.3 Å². The number of fused-ring (bicyclic) bond motifs is 1. The summed E-state index contributed by atoms with van der Waals surface area (Å²) in [7, 11) is 0. The monoisotopic (exact) mass is 435 g/mol. The van der Waals surface area contributed by atoms with Gasteiger partial charge in [-0.15, -0.1) is 0 Å². The zero-order chi connectivity index (χ0) is 22.4. The van der Waals surface area contributed by atoms with E-state index in [4.69, 9.17) is 0 Å². The number of alkyl halides is 6. The van der Waals surface area contributed by atoms with E-state index < -0.39 is 34.7 Å². The minimum absolute atomic E-state index is 0.0151. The molecule has 0 bridgehead atoms. The van der Waals surface area contributed by atoms with Gasteiger partial charge in [0, 0.05) is 17.6 Å². The number of rotatable bonds is 2. The first-order chi connectivity index (χ1) is 14.5. The van der Waals surface area contributed by atoms with Crippen LogP contribution >= 0.6 is 0 Å². The highest BCUT2D eigenvalue weighted by atomic mass is 19.4. The van der Waals surface area contributed by atoms with Gasteiger partial charge in [0.05, 0.1) is 16.8 Å². The third-order valence-electron chi connectivity index (χ3n) is 4.58. The van der Waals surface area contributed by atoms with Crippen molar-refractivity contribution in [3.8, 4) is 22.5 Å². The Hall–Kier alpha value is -3.69. The molecule has 1 aromatic carbocycles. The van der Waals surface area contributed by atoms with E-state index in [-0.39, 0.29) is 11.3 Å². The first kappa shape index (κ1) is 20.6. The molecule has 3 heterocycles. The zero-order valence-corrected chi connectivity index (χ0v) is 15.3. The Morgan fingerprint density at radius 2 is 1.55 bits per heavy atom. The summed E-state index contributed by atoms with van der Waals surface area (Å²) in [4.78, 5) is 22.5. The van der Waals surface area contributed by atoms with Crippen LogP contribution < -0.4 is 5.56 Å². The van der Waals surface area contributed by atoms with E-state index in [1.54, 1.807) is 0 Å². The number of nitrogens with one attached hydrogen (secondary N) is 1. The number of hydrogen-bond donors (Lipinski definition) is 1. The Morgan fingerprint density at radius 1 is 0.839 bits per heavy atom. The van der Waals surface area contributed by atoms with E-state index in [2.05, 4.69) is 15.0 Å². The zero-order valence-electron chi connectivity index (χ0n) is 15.3. The van der Waals surface area contributed by atoms with E-state index >= 15 is 0 Å². The summed E-state index contributed by atoms with van der Waals surface area (Å²) in [6, 6.07) is 10.2. The summed E-state index contributed by atoms with van der Waals surface area (Å²) in [5.41, 5.74) is -2.35. The molecule has 4 nitrogen and oxygen atoms in total. The number of nitrogens with zero attached hydrogens (tertiary/aromatic N) is 2. The summed E-state index contributed by atoms with van der Waals surface area (Å²) in [6.45, 7) is 0. The Labute approximate surface area is 170 Å². The van der Waals surface area contributed by atoms with Crippen LogP contribution in [0.25, 0.3) is 33.5 Å². The van der Waals surface area contributed by atoms with Gasteiger partial charge in [0.1, 0.15) is 11.3 Å². The molecule has 0 atom stereocenters. The van der Waals surface area contributed by atoms with Crippen molar-refractivity contribution in [2.75, 3.05) is 0 Å². The van der Waals surface area contributed by atoms with Crippen LogP contribution in [0.4, 0.5) is 26.3 Å². The molecule has 0 aliphatic carbocycles. The molecule has 1 N–H and O–H groups in total. The predicted molar refractivity (Wildman–Crippen MR) is 101 cm³/mol. The van der Waals surface area contributed by atoms with Crippen LogP contribution in [-0.2, 0) is 12.4 Å². The highest BCUT2D eigenvalue weighted by molar-refractivity contribution is 5.93. The minimum atomic E-state index is -4.66. The average molecular weight is 435 g/mol. The van der Waals surface area contributed by atoms with Crippen molar-refractivity contribution in [1.29, 1.82) is 0 Å². The molecule has 0 unspecified atom stereocenters. The molecule has 3 aromatic heterocycles. The molecule has 0 amide bonds. The molecule has 31 heavy (non-hydrogen) atoms. The summed E-state index contributed by atoms with van der Waals surface area (Å²) in [5, 5.41) is 0.354. The normalized spacial score (nSPS) is 12.3. The SMILES string of the molecule is O=c1cc(-c2ccc(C(F)(F)F)cc2)c2ccc(-c3ncccc3C(F)(F)F)nc2[nH]1.